The molecular weight excluding hydrogens is 298 g/mol. The van der Waals surface area contributed by atoms with Crippen LogP contribution in [-0.4, -0.2) is 25.0 Å². The van der Waals surface area contributed by atoms with Gasteiger partial charge in [-0.15, -0.1) is 11.8 Å². The summed E-state index contributed by atoms with van der Waals surface area (Å²) < 4.78 is 6.43. The summed E-state index contributed by atoms with van der Waals surface area (Å²) in [5.74, 6) is 0. The fourth-order valence-electron chi connectivity index (χ4n) is 2.26. The molecule has 0 radical (unpaired) electrons. The van der Waals surface area contributed by atoms with E-state index in [-0.39, 0.29) is 0 Å². The maximum atomic E-state index is 5.21. The topological polar surface area (TPSA) is 21.3 Å². The van der Waals surface area contributed by atoms with E-state index in [1.165, 1.54) is 27.8 Å². The van der Waals surface area contributed by atoms with Crippen molar-refractivity contribution in [2.75, 3.05) is 19.8 Å². The van der Waals surface area contributed by atoms with E-state index < -0.39 is 0 Å². The third kappa shape index (κ3) is 2.70. The van der Waals surface area contributed by atoms with Crippen LogP contribution in [0.3, 0.4) is 0 Å². The van der Waals surface area contributed by atoms with Crippen molar-refractivity contribution in [1.29, 1.82) is 0 Å². The van der Waals surface area contributed by atoms with Crippen molar-refractivity contribution < 1.29 is 4.74 Å². The standard InChI is InChI=1S/C13H16BrNOS/c14-11-6-9(12-2-1-5-15-12)3-4-13(11)17-10-7-16-8-10/h3-4,6,10,12,15H,1-2,5,7-8H2. The van der Waals surface area contributed by atoms with Crippen LogP contribution in [-0.2, 0) is 4.74 Å². The Morgan fingerprint density at radius 1 is 1.35 bits per heavy atom. The number of halogens is 1. The van der Waals surface area contributed by atoms with Gasteiger partial charge in [0.1, 0.15) is 0 Å². The lowest BCUT2D eigenvalue weighted by atomic mass is 10.1. The second-order valence-corrected chi connectivity index (χ2v) is 6.81. The van der Waals surface area contributed by atoms with Crippen LogP contribution in [0.5, 0.6) is 0 Å². The minimum absolute atomic E-state index is 0.553. The lowest BCUT2D eigenvalue weighted by Crippen LogP contribution is -2.30. The average molecular weight is 314 g/mol. The molecule has 0 aromatic heterocycles. The monoisotopic (exact) mass is 313 g/mol. The van der Waals surface area contributed by atoms with E-state index in [1.54, 1.807) is 0 Å². The summed E-state index contributed by atoms with van der Waals surface area (Å²) >= 11 is 5.60. The number of ether oxygens (including phenoxy) is 1. The Kier molecular flexibility index (Phi) is 3.75. The molecule has 0 amide bonds. The zero-order valence-electron chi connectivity index (χ0n) is 9.62. The van der Waals surface area contributed by atoms with Crippen LogP contribution in [0, 0.1) is 0 Å². The molecular formula is C13H16BrNOS. The van der Waals surface area contributed by atoms with E-state index >= 15 is 0 Å². The molecule has 2 fully saturated rings. The van der Waals surface area contributed by atoms with Gasteiger partial charge in [0.05, 0.1) is 18.5 Å². The first-order valence-corrected chi connectivity index (χ1v) is 7.77. The van der Waals surface area contributed by atoms with E-state index in [4.69, 9.17) is 4.74 Å². The van der Waals surface area contributed by atoms with Gasteiger partial charge in [-0.25, -0.2) is 0 Å². The highest BCUT2D eigenvalue weighted by Gasteiger charge is 2.21. The summed E-state index contributed by atoms with van der Waals surface area (Å²) in [7, 11) is 0. The Balaban J connectivity index is 1.73. The first-order chi connectivity index (χ1) is 8.33. The highest BCUT2D eigenvalue weighted by atomic mass is 79.9. The van der Waals surface area contributed by atoms with Crippen LogP contribution in [0.15, 0.2) is 27.6 Å². The smallest absolute Gasteiger partial charge is 0.0611 e. The van der Waals surface area contributed by atoms with Gasteiger partial charge in [-0.1, -0.05) is 6.07 Å². The van der Waals surface area contributed by atoms with Crippen molar-refractivity contribution in [2.45, 2.75) is 29.0 Å². The molecule has 2 nitrogen and oxygen atoms in total. The van der Waals surface area contributed by atoms with E-state index in [9.17, 15) is 0 Å². The fraction of sp³-hybridized carbons (Fsp3) is 0.538. The molecule has 1 aromatic carbocycles. The second kappa shape index (κ2) is 5.31. The molecule has 92 valence electrons. The zero-order chi connectivity index (χ0) is 11.7. The highest BCUT2D eigenvalue weighted by Crippen LogP contribution is 2.36. The van der Waals surface area contributed by atoms with Crippen molar-refractivity contribution in [3.8, 4) is 0 Å². The molecule has 0 saturated carbocycles. The molecule has 3 rings (SSSR count). The minimum Gasteiger partial charge on any atom is -0.379 e. The van der Waals surface area contributed by atoms with Crippen molar-refractivity contribution in [1.82, 2.24) is 5.32 Å². The highest BCUT2D eigenvalue weighted by molar-refractivity contribution is 9.10. The molecule has 0 spiro atoms. The molecule has 1 aromatic rings. The van der Waals surface area contributed by atoms with Gasteiger partial charge in [0, 0.05) is 15.4 Å². The normalized spacial score (nSPS) is 24.9. The molecule has 2 heterocycles. The van der Waals surface area contributed by atoms with Gasteiger partial charge in [-0.2, -0.15) is 0 Å². The van der Waals surface area contributed by atoms with Gasteiger partial charge in [0.25, 0.3) is 0 Å². The van der Waals surface area contributed by atoms with Crippen molar-refractivity contribution in [2.24, 2.45) is 0 Å². The molecule has 1 atom stereocenters. The maximum Gasteiger partial charge on any atom is 0.0611 e. The number of rotatable bonds is 3. The van der Waals surface area contributed by atoms with Gasteiger partial charge in [-0.05, 0) is 53.0 Å². The lowest BCUT2D eigenvalue weighted by Gasteiger charge is -2.25. The number of hydrogen-bond acceptors (Lipinski definition) is 3. The Labute approximate surface area is 115 Å². The summed E-state index contributed by atoms with van der Waals surface area (Å²) in [6.45, 7) is 2.93. The predicted octanol–water partition coefficient (Wildman–Crippen LogP) is 3.36. The Hall–Kier alpha value is -0.0300. The van der Waals surface area contributed by atoms with E-state index in [0.29, 0.717) is 11.3 Å². The van der Waals surface area contributed by atoms with Crippen LogP contribution in [0.2, 0.25) is 0 Å². The van der Waals surface area contributed by atoms with Crippen molar-refractivity contribution in [3.63, 3.8) is 0 Å². The van der Waals surface area contributed by atoms with E-state index in [2.05, 4.69) is 39.4 Å². The van der Waals surface area contributed by atoms with Crippen LogP contribution in [0.25, 0.3) is 0 Å². The molecule has 2 aliphatic rings. The van der Waals surface area contributed by atoms with Gasteiger partial charge in [-0.3, -0.25) is 0 Å². The van der Waals surface area contributed by atoms with E-state index in [0.717, 1.165) is 19.8 Å². The summed E-state index contributed by atoms with van der Waals surface area (Å²) in [4.78, 5) is 1.33. The third-order valence-corrected chi connectivity index (χ3v) is 5.45. The average Bonchev–Trinajstić information content (AvgIpc) is 2.78. The Morgan fingerprint density at radius 3 is 2.82 bits per heavy atom. The lowest BCUT2D eigenvalue weighted by molar-refractivity contribution is 0.0455. The molecule has 0 bridgehead atoms. The molecule has 0 aliphatic carbocycles. The minimum atomic E-state index is 0.553. The molecule has 17 heavy (non-hydrogen) atoms. The van der Waals surface area contributed by atoms with E-state index in [1.807, 2.05) is 11.8 Å². The fourth-order valence-corrected chi connectivity index (χ4v) is 3.94. The summed E-state index contributed by atoms with van der Waals surface area (Å²) in [5.41, 5.74) is 1.41. The van der Waals surface area contributed by atoms with Gasteiger partial charge in [0.2, 0.25) is 0 Å². The Bertz CT molecular complexity index is 402. The van der Waals surface area contributed by atoms with Crippen LogP contribution >= 0.6 is 27.7 Å². The SMILES string of the molecule is Brc1cc(C2CCCN2)ccc1SC1COC1. The molecule has 2 saturated heterocycles. The quantitative estimate of drug-likeness (QED) is 0.924. The van der Waals surface area contributed by atoms with Crippen molar-refractivity contribution in [3.05, 3.63) is 28.2 Å². The first kappa shape index (κ1) is 12.0. The zero-order valence-corrected chi connectivity index (χ0v) is 12.0. The second-order valence-electron chi connectivity index (χ2n) is 4.62. The van der Waals surface area contributed by atoms with Gasteiger partial charge in [0.15, 0.2) is 0 Å². The summed E-state index contributed by atoms with van der Waals surface area (Å²) in [6, 6.07) is 7.32. The molecule has 2 aliphatic heterocycles. The Morgan fingerprint density at radius 2 is 2.24 bits per heavy atom. The molecule has 1 N–H and O–H groups in total. The summed E-state index contributed by atoms with van der Waals surface area (Å²) in [5, 5.41) is 4.18. The summed E-state index contributed by atoms with van der Waals surface area (Å²) in [6.07, 6.45) is 2.55. The van der Waals surface area contributed by atoms with Crippen molar-refractivity contribution >= 4 is 27.7 Å². The number of hydrogen-bond donors (Lipinski definition) is 1. The van der Waals surface area contributed by atoms with Crippen LogP contribution in [0.4, 0.5) is 0 Å². The van der Waals surface area contributed by atoms with Gasteiger partial charge >= 0.3 is 0 Å². The van der Waals surface area contributed by atoms with Gasteiger partial charge < -0.3 is 10.1 Å². The molecule has 1 unspecified atom stereocenters. The van der Waals surface area contributed by atoms with Crippen LogP contribution < -0.4 is 5.32 Å². The number of benzene rings is 1. The predicted molar refractivity (Wildman–Crippen MR) is 74.6 cm³/mol. The number of thioether (sulfide) groups is 1. The number of nitrogens with one attached hydrogen (secondary N) is 1. The largest absolute Gasteiger partial charge is 0.379 e. The maximum absolute atomic E-state index is 5.21. The first-order valence-electron chi connectivity index (χ1n) is 6.10. The van der Waals surface area contributed by atoms with Crippen LogP contribution in [0.1, 0.15) is 24.4 Å². The molecule has 4 heteroatoms. The third-order valence-electron chi connectivity index (χ3n) is 3.32.